The number of hydrogen-bond acceptors (Lipinski definition) is 5. The minimum absolute atomic E-state index is 0.00150. The van der Waals surface area contributed by atoms with Crippen LogP contribution in [0, 0.1) is 51.2 Å². The van der Waals surface area contributed by atoms with E-state index in [1.807, 2.05) is 18.2 Å². The maximum Gasteiger partial charge on any atom is 0.335 e. The van der Waals surface area contributed by atoms with E-state index in [1.54, 1.807) is 16.4 Å². The molecule has 1 aromatic rings. The smallest absolute Gasteiger partial charge is 0.335 e. The lowest BCUT2D eigenvalue weighted by molar-refractivity contribution is -0.219. The Morgan fingerprint density at radius 1 is 0.945 bits per heavy atom. The molecule has 55 heavy (non-hydrogen) atoms. The summed E-state index contributed by atoms with van der Waals surface area (Å²) in [4.78, 5) is 14.1. The van der Waals surface area contributed by atoms with Gasteiger partial charge in [0.05, 0.1) is 17.4 Å². The van der Waals surface area contributed by atoms with Gasteiger partial charge in [0.25, 0.3) is 0 Å². The van der Waals surface area contributed by atoms with Gasteiger partial charge in [-0.3, -0.25) is 4.90 Å². The van der Waals surface area contributed by atoms with Gasteiger partial charge < -0.3 is 10.4 Å². The Hall–Kier alpha value is -2.26. The summed E-state index contributed by atoms with van der Waals surface area (Å²) in [5.41, 5.74) is 4.43. The van der Waals surface area contributed by atoms with Crippen molar-refractivity contribution in [2.24, 2.45) is 51.2 Å². The average molecular weight is 772 g/mol. The van der Waals surface area contributed by atoms with E-state index in [0.29, 0.717) is 41.7 Å². The summed E-state index contributed by atoms with van der Waals surface area (Å²) in [7, 11) is -3.28. The van der Waals surface area contributed by atoms with Gasteiger partial charge in [-0.25, -0.2) is 13.2 Å². The number of carboxylic acids is 1. The molecular weight excluding hydrogens is 703 g/mol. The van der Waals surface area contributed by atoms with Crippen molar-refractivity contribution >= 4 is 21.6 Å². The molecule has 0 spiro atoms. The fraction of sp³-hybridized carbons (Fsp3) is 0.723. The highest BCUT2D eigenvalue weighted by molar-refractivity contribution is 7.88. The molecule has 0 aromatic heterocycles. The molecule has 2 N–H and O–H groups in total. The van der Waals surface area contributed by atoms with Crippen LogP contribution in [0.25, 0.3) is 5.57 Å². The summed E-state index contributed by atoms with van der Waals surface area (Å²) in [6, 6.07) is 7.59. The second kappa shape index (κ2) is 12.6. The molecule has 2 aliphatic heterocycles. The molecule has 2 saturated heterocycles. The highest BCUT2D eigenvalue weighted by atomic mass is 32.2. The van der Waals surface area contributed by atoms with Crippen LogP contribution in [-0.4, -0.2) is 77.8 Å². The zero-order chi connectivity index (χ0) is 39.8. The SMILES string of the molecule is C=CC12CN(S(C)(=O)=O)[C@](C)(CN1CCN[C@]13CC[C@@H](C(=C)C)C1[C@H]1CCC4[C@@]5(C)CC=C(c6ccc(C(=O)O)cc6)C(C)(C)C5CC[C@@]4(C)[C@]1(C)CC3)C2. The number of carboxylic acid groups (broad SMARTS) is 1. The zero-order valence-corrected chi connectivity index (χ0v) is 36.0. The number of fused-ring (bicyclic) bond motifs is 9. The van der Waals surface area contributed by atoms with Crippen LogP contribution in [0.3, 0.4) is 0 Å². The predicted molar refractivity (Wildman–Crippen MR) is 223 cm³/mol. The predicted octanol–water partition coefficient (Wildman–Crippen LogP) is 9.04. The van der Waals surface area contributed by atoms with Crippen LogP contribution >= 0.6 is 0 Å². The first kappa shape index (κ1) is 39.6. The number of aromatic carboxylic acids is 1. The highest BCUT2D eigenvalue weighted by Crippen LogP contribution is 2.76. The van der Waals surface area contributed by atoms with Gasteiger partial charge in [0.2, 0.25) is 10.0 Å². The molecule has 8 rings (SSSR count). The standard InChI is InChI=1S/C47H69N3O4S/c1-11-46-28-42(6,50(30-46)55(10,53)54)29-49(46)27-26-48-47-23-18-34(31(2)3)39(47)36-16-17-38-43(7)21-19-35(32-12-14-33(15-13-32)40(51)52)41(4,5)37(43)20-22-45(38,9)44(36,8)24-25-47/h11-15,19,34,36-39,48H,1-2,16-18,20-30H2,3-10H3,(H,51,52)/t34-,36+,37?,38?,39?,42-,43-,44+,45+,46?,47-/m0/s1. The lowest BCUT2D eigenvalue weighted by atomic mass is 9.33. The number of nitrogens with zero attached hydrogens (tertiary/aromatic N) is 2. The van der Waals surface area contributed by atoms with Gasteiger partial charge in [0, 0.05) is 37.3 Å². The van der Waals surface area contributed by atoms with E-state index in [2.05, 4.69) is 77.9 Å². The number of nitrogens with one attached hydrogen (secondary N) is 1. The van der Waals surface area contributed by atoms with Crippen LogP contribution in [0.1, 0.15) is 129 Å². The number of rotatable bonds is 9. The third-order valence-corrected chi connectivity index (χ3v) is 20.0. The fourth-order valence-electron chi connectivity index (χ4n) is 16.0. The van der Waals surface area contributed by atoms with Gasteiger partial charge >= 0.3 is 5.97 Å². The van der Waals surface area contributed by atoms with E-state index in [1.165, 1.54) is 74.3 Å². The van der Waals surface area contributed by atoms with Crippen molar-refractivity contribution < 1.29 is 18.3 Å². The molecule has 2 heterocycles. The molecule has 11 atom stereocenters. The van der Waals surface area contributed by atoms with Gasteiger partial charge in [0.1, 0.15) is 0 Å². The molecule has 302 valence electrons. The van der Waals surface area contributed by atoms with Crippen LogP contribution in [0.2, 0.25) is 0 Å². The van der Waals surface area contributed by atoms with Gasteiger partial charge in [-0.2, -0.15) is 4.31 Å². The van der Waals surface area contributed by atoms with Crippen LogP contribution in [0.4, 0.5) is 0 Å². The Bertz CT molecular complexity index is 1920. The van der Waals surface area contributed by atoms with Crippen molar-refractivity contribution in [2.45, 2.75) is 129 Å². The quantitative estimate of drug-likeness (QED) is 0.244. The van der Waals surface area contributed by atoms with Crippen molar-refractivity contribution in [2.75, 3.05) is 32.4 Å². The Morgan fingerprint density at radius 2 is 1.65 bits per heavy atom. The van der Waals surface area contributed by atoms with Crippen LogP contribution in [0.15, 0.2) is 55.1 Å². The van der Waals surface area contributed by atoms with Crippen LogP contribution in [-0.2, 0) is 10.0 Å². The average Bonchev–Trinajstić information content (AvgIpc) is 3.74. The normalized spacial score (nSPS) is 44.9. The maximum absolute atomic E-state index is 12.7. The molecule has 7 aliphatic rings. The maximum atomic E-state index is 12.7. The molecule has 1 aromatic carbocycles. The summed E-state index contributed by atoms with van der Waals surface area (Å²) in [5.74, 6) is 2.13. The molecule has 4 unspecified atom stereocenters. The number of hydrogen-bond donors (Lipinski definition) is 2. The summed E-state index contributed by atoms with van der Waals surface area (Å²) in [5, 5.41) is 13.8. The van der Waals surface area contributed by atoms with E-state index < -0.39 is 16.0 Å². The zero-order valence-electron chi connectivity index (χ0n) is 35.1. The summed E-state index contributed by atoms with van der Waals surface area (Å²) < 4.78 is 27.2. The molecule has 5 aliphatic carbocycles. The lowest BCUT2D eigenvalue weighted by Gasteiger charge is -2.72. The van der Waals surface area contributed by atoms with Crippen molar-refractivity contribution in [3.63, 3.8) is 0 Å². The van der Waals surface area contributed by atoms with Gasteiger partial charge in [-0.15, -0.1) is 6.58 Å². The molecule has 0 radical (unpaired) electrons. The molecule has 0 amide bonds. The van der Waals surface area contributed by atoms with Gasteiger partial charge in [0.15, 0.2) is 0 Å². The van der Waals surface area contributed by atoms with Crippen molar-refractivity contribution in [1.82, 2.24) is 14.5 Å². The first-order valence-corrected chi connectivity index (χ1v) is 23.3. The van der Waals surface area contributed by atoms with Crippen LogP contribution in [0.5, 0.6) is 0 Å². The second-order valence-corrected chi connectivity index (χ2v) is 23.3. The molecule has 4 saturated carbocycles. The summed E-state index contributed by atoms with van der Waals surface area (Å²) in [6.07, 6.45) is 17.8. The van der Waals surface area contributed by atoms with Gasteiger partial charge in [-0.05, 0) is 153 Å². The number of carbonyl (C=O) groups is 1. The lowest BCUT2D eigenvalue weighted by Crippen LogP contribution is -2.68. The highest BCUT2D eigenvalue weighted by Gasteiger charge is 2.70. The molecule has 8 heteroatoms. The van der Waals surface area contributed by atoms with E-state index in [-0.39, 0.29) is 38.3 Å². The number of piperazine rings is 1. The van der Waals surface area contributed by atoms with E-state index in [0.717, 1.165) is 32.5 Å². The minimum Gasteiger partial charge on any atom is -0.478 e. The van der Waals surface area contributed by atoms with E-state index in [4.69, 9.17) is 0 Å². The van der Waals surface area contributed by atoms with Crippen molar-refractivity contribution in [1.29, 1.82) is 0 Å². The summed E-state index contributed by atoms with van der Waals surface area (Å²) in [6.45, 7) is 29.3. The third kappa shape index (κ3) is 5.49. The minimum atomic E-state index is -3.28. The third-order valence-electron chi connectivity index (χ3n) is 18.6. The number of benzene rings is 1. The summed E-state index contributed by atoms with van der Waals surface area (Å²) >= 11 is 0. The molecular formula is C47H69N3O4S. The van der Waals surface area contributed by atoms with Gasteiger partial charge in [-0.1, -0.05) is 71.1 Å². The fourth-order valence-corrected chi connectivity index (χ4v) is 17.4. The molecule has 7 nitrogen and oxygen atoms in total. The van der Waals surface area contributed by atoms with E-state index in [9.17, 15) is 18.3 Å². The topological polar surface area (TPSA) is 90.0 Å². The van der Waals surface area contributed by atoms with Crippen molar-refractivity contribution in [3.8, 4) is 0 Å². The number of allylic oxidation sites excluding steroid dienone is 3. The number of sulfonamides is 1. The Morgan fingerprint density at radius 3 is 2.29 bits per heavy atom. The van der Waals surface area contributed by atoms with Crippen LogP contribution < -0.4 is 5.32 Å². The van der Waals surface area contributed by atoms with E-state index >= 15 is 0 Å². The van der Waals surface area contributed by atoms with Crippen molar-refractivity contribution in [3.05, 3.63) is 66.3 Å². The first-order chi connectivity index (χ1) is 25.6. The first-order valence-electron chi connectivity index (χ1n) is 21.4. The molecule has 6 fully saturated rings. The Kier molecular flexibility index (Phi) is 9.08. The Labute approximate surface area is 332 Å². The monoisotopic (exact) mass is 772 g/mol. The molecule has 2 bridgehead atoms. The largest absolute Gasteiger partial charge is 0.478 e. The number of likely N-dealkylation sites (tertiary alicyclic amines) is 1. The second-order valence-electron chi connectivity index (χ2n) is 21.4. The Balaban J connectivity index is 1.04.